The van der Waals surface area contributed by atoms with Crippen molar-refractivity contribution in [2.45, 2.75) is 26.1 Å². The number of anilines is 3. The van der Waals surface area contributed by atoms with E-state index in [0.29, 0.717) is 17.9 Å². The molecule has 0 atom stereocenters. The third-order valence-corrected chi connectivity index (χ3v) is 4.14. The van der Waals surface area contributed by atoms with Crippen LogP contribution in [0.2, 0.25) is 0 Å². The Bertz CT molecular complexity index is 1000. The van der Waals surface area contributed by atoms with Crippen LogP contribution in [-0.2, 0) is 4.74 Å². The van der Waals surface area contributed by atoms with Crippen LogP contribution in [-0.4, -0.2) is 40.8 Å². The highest BCUT2D eigenvalue weighted by Gasteiger charge is 2.17. The molecule has 2 N–H and O–H groups in total. The number of hydrogen-bond donors (Lipinski definition) is 2. The zero-order valence-electron chi connectivity index (χ0n) is 16.0. The van der Waals surface area contributed by atoms with Crippen LogP contribution in [0.1, 0.15) is 13.8 Å². The zero-order valence-corrected chi connectivity index (χ0v) is 16.0. The summed E-state index contributed by atoms with van der Waals surface area (Å²) in [5.74, 6) is -0.427. The predicted octanol–water partition coefficient (Wildman–Crippen LogP) is 4.35. The van der Waals surface area contributed by atoms with E-state index in [0.717, 1.165) is 17.5 Å². The summed E-state index contributed by atoms with van der Waals surface area (Å²) in [6, 6.07) is 4.99. The van der Waals surface area contributed by atoms with Crippen molar-refractivity contribution in [1.29, 1.82) is 0 Å². The fourth-order valence-electron chi connectivity index (χ4n) is 2.43. The molecule has 3 aromatic rings. The van der Waals surface area contributed by atoms with Crippen LogP contribution in [0.25, 0.3) is 10.9 Å². The Labute approximate surface area is 165 Å². The molecule has 154 valence electrons. The quantitative estimate of drug-likeness (QED) is 0.575. The number of rotatable bonds is 8. The number of alkyl halides is 2. The van der Waals surface area contributed by atoms with Crippen molar-refractivity contribution in [2.75, 3.05) is 24.3 Å². The number of aromatic nitrogens is 3. The van der Waals surface area contributed by atoms with Gasteiger partial charge in [-0.3, -0.25) is 0 Å². The summed E-state index contributed by atoms with van der Waals surface area (Å²) in [6.45, 7) is 1.23. The molecular weight excluding hydrogens is 387 g/mol. The van der Waals surface area contributed by atoms with Gasteiger partial charge in [-0.25, -0.2) is 19.3 Å². The van der Waals surface area contributed by atoms with E-state index in [4.69, 9.17) is 4.74 Å². The largest absolute Gasteiger partial charge is 0.432 e. The van der Waals surface area contributed by atoms with Gasteiger partial charge in [0.05, 0.1) is 11.3 Å². The Balaban J connectivity index is 1.91. The first-order valence-electron chi connectivity index (χ1n) is 8.69. The Morgan fingerprint density at radius 1 is 1.17 bits per heavy atom. The number of nitrogens with one attached hydrogen (secondary N) is 2. The summed E-state index contributed by atoms with van der Waals surface area (Å²) in [7, 11) is 1.62. The molecule has 29 heavy (non-hydrogen) atoms. The highest BCUT2D eigenvalue weighted by molar-refractivity contribution is 5.88. The molecular formula is C19H20F3N5O2. The molecule has 0 amide bonds. The lowest BCUT2D eigenvalue weighted by Gasteiger charge is -2.23. The molecule has 0 bridgehead atoms. The van der Waals surface area contributed by atoms with Crippen molar-refractivity contribution in [3.8, 4) is 5.75 Å². The number of methoxy groups -OCH3 is 1. The predicted molar refractivity (Wildman–Crippen MR) is 103 cm³/mol. The third kappa shape index (κ3) is 5.23. The first kappa shape index (κ1) is 20.6. The minimum atomic E-state index is -3.10. The van der Waals surface area contributed by atoms with Gasteiger partial charge in [0.1, 0.15) is 11.3 Å². The van der Waals surface area contributed by atoms with Crippen LogP contribution in [0.4, 0.5) is 30.6 Å². The number of benzene rings is 1. The summed E-state index contributed by atoms with van der Waals surface area (Å²) < 4.78 is 48.4. The molecule has 3 rings (SSSR count). The van der Waals surface area contributed by atoms with Crippen LogP contribution >= 0.6 is 0 Å². The molecule has 0 aliphatic carbocycles. The normalized spacial score (nSPS) is 11.7. The van der Waals surface area contributed by atoms with Gasteiger partial charge in [-0.2, -0.15) is 8.78 Å². The number of halogens is 3. The van der Waals surface area contributed by atoms with Crippen molar-refractivity contribution in [3.05, 3.63) is 42.5 Å². The van der Waals surface area contributed by atoms with Gasteiger partial charge in [0.2, 0.25) is 5.95 Å². The smallest absolute Gasteiger partial charge is 0.387 e. The van der Waals surface area contributed by atoms with Crippen LogP contribution in [0.5, 0.6) is 5.75 Å². The van der Waals surface area contributed by atoms with Crippen molar-refractivity contribution < 1.29 is 22.6 Å². The average molecular weight is 407 g/mol. The van der Waals surface area contributed by atoms with Crippen molar-refractivity contribution >= 4 is 28.4 Å². The van der Waals surface area contributed by atoms with Gasteiger partial charge in [0.15, 0.2) is 11.6 Å². The summed E-state index contributed by atoms with van der Waals surface area (Å²) in [5, 5.41) is 6.70. The Morgan fingerprint density at radius 2 is 1.97 bits per heavy atom. The highest BCUT2D eigenvalue weighted by atomic mass is 19.3. The summed E-state index contributed by atoms with van der Waals surface area (Å²) in [6.07, 6.45) is 3.19. The molecule has 2 aromatic heterocycles. The first-order chi connectivity index (χ1) is 13.8. The molecule has 0 aliphatic heterocycles. The number of fused-ring (bicyclic) bond motifs is 1. The highest BCUT2D eigenvalue weighted by Crippen LogP contribution is 2.30. The summed E-state index contributed by atoms with van der Waals surface area (Å²) in [4.78, 5) is 12.9. The maximum Gasteiger partial charge on any atom is 0.387 e. The second-order valence-electron chi connectivity index (χ2n) is 6.75. The molecule has 0 radical (unpaired) electrons. The van der Waals surface area contributed by atoms with Crippen LogP contribution in [0, 0.1) is 5.82 Å². The standard InChI is InChI=1S/C19H20F3N5O2/c1-19(2,28-3)10-25-16-15-11(6-7-23-16)9-24-18(27-15)26-13-5-4-12(20)8-14(13)29-17(21)22/h4-9,17H,10H2,1-3H3,(H,23,25)(H,24,26,27). The molecule has 1 aromatic carbocycles. The van der Waals surface area contributed by atoms with Crippen LogP contribution in [0.3, 0.4) is 0 Å². The molecule has 2 heterocycles. The fraction of sp³-hybridized carbons (Fsp3) is 0.316. The maximum absolute atomic E-state index is 13.4. The Hall–Kier alpha value is -3.14. The molecule has 0 spiro atoms. The number of ether oxygens (including phenoxy) is 2. The van der Waals surface area contributed by atoms with E-state index < -0.39 is 18.0 Å². The van der Waals surface area contributed by atoms with Gasteiger partial charge >= 0.3 is 6.61 Å². The third-order valence-electron chi connectivity index (χ3n) is 4.14. The van der Waals surface area contributed by atoms with Gasteiger partial charge in [0.25, 0.3) is 0 Å². The molecule has 0 fully saturated rings. The average Bonchev–Trinajstić information content (AvgIpc) is 2.68. The molecule has 0 saturated heterocycles. The second kappa shape index (κ2) is 8.48. The second-order valence-corrected chi connectivity index (χ2v) is 6.75. The SMILES string of the molecule is COC(C)(C)CNc1nccc2cnc(Nc3ccc(F)cc3OC(F)F)nc12. The summed E-state index contributed by atoms with van der Waals surface area (Å²) >= 11 is 0. The first-order valence-corrected chi connectivity index (χ1v) is 8.69. The Morgan fingerprint density at radius 3 is 2.69 bits per heavy atom. The number of pyridine rings is 1. The van der Waals surface area contributed by atoms with E-state index >= 15 is 0 Å². The van der Waals surface area contributed by atoms with Gasteiger partial charge in [-0.05, 0) is 32.0 Å². The monoisotopic (exact) mass is 407 g/mol. The molecule has 7 nitrogen and oxygen atoms in total. The molecule has 10 heteroatoms. The van der Waals surface area contributed by atoms with Gasteiger partial charge in [-0.15, -0.1) is 0 Å². The number of nitrogens with zero attached hydrogens (tertiary/aromatic N) is 3. The zero-order chi connectivity index (χ0) is 21.0. The van der Waals surface area contributed by atoms with Crippen LogP contribution < -0.4 is 15.4 Å². The topological polar surface area (TPSA) is 81.2 Å². The fourth-order valence-corrected chi connectivity index (χ4v) is 2.43. The number of hydrogen-bond acceptors (Lipinski definition) is 7. The van der Waals surface area contributed by atoms with E-state index in [1.807, 2.05) is 13.8 Å². The van der Waals surface area contributed by atoms with Gasteiger partial charge in [0, 0.05) is 37.5 Å². The van der Waals surface area contributed by atoms with E-state index in [1.54, 1.807) is 25.6 Å². The lowest BCUT2D eigenvalue weighted by Crippen LogP contribution is -2.32. The van der Waals surface area contributed by atoms with Crippen LogP contribution in [0.15, 0.2) is 36.7 Å². The summed E-state index contributed by atoms with van der Waals surface area (Å²) in [5.41, 5.74) is 0.202. The van der Waals surface area contributed by atoms with Crippen molar-refractivity contribution in [3.63, 3.8) is 0 Å². The van der Waals surface area contributed by atoms with Gasteiger partial charge < -0.3 is 20.1 Å². The maximum atomic E-state index is 13.4. The Kier molecular flexibility index (Phi) is 6.02. The minimum Gasteiger partial charge on any atom is -0.432 e. The molecule has 0 unspecified atom stereocenters. The van der Waals surface area contributed by atoms with Gasteiger partial charge in [-0.1, -0.05) is 0 Å². The van der Waals surface area contributed by atoms with E-state index in [1.165, 1.54) is 6.07 Å². The minimum absolute atomic E-state index is 0.102. The van der Waals surface area contributed by atoms with E-state index in [2.05, 4.69) is 30.3 Å². The van der Waals surface area contributed by atoms with E-state index in [9.17, 15) is 13.2 Å². The molecule has 0 saturated carbocycles. The van der Waals surface area contributed by atoms with Crippen molar-refractivity contribution in [1.82, 2.24) is 15.0 Å². The van der Waals surface area contributed by atoms with E-state index in [-0.39, 0.29) is 17.4 Å². The van der Waals surface area contributed by atoms with Crippen molar-refractivity contribution in [2.24, 2.45) is 0 Å². The lowest BCUT2D eigenvalue weighted by atomic mass is 10.1. The molecule has 0 aliphatic rings. The lowest BCUT2D eigenvalue weighted by molar-refractivity contribution is -0.0494.